The number of aromatic nitrogens is 1. The van der Waals surface area contributed by atoms with Gasteiger partial charge in [-0.05, 0) is 19.9 Å². The largest absolute Gasteiger partial charge is 0.314 e. The lowest BCUT2D eigenvalue weighted by molar-refractivity contribution is 0.809. The van der Waals surface area contributed by atoms with E-state index in [4.69, 9.17) is 6.42 Å². The van der Waals surface area contributed by atoms with Crippen molar-refractivity contribution in [2.45, 2.75) is 13.5 Å². The lowest BCUT2D eigenvalue weighted by atomic mass is 10.4. The molecule has 0 aliphatic carbocycles. The van der Waals surface area contributed by atoms with Crippen LogP contribution in [-0.4, -0.2) is 12.0 Å². The molecule has 0 aliphatic rings. The Balaban J connectivity index is 2.89. The molecule has 1 aromatic rings. The maximum Gasteiger partial charge on any atom is 0.127 e. The zero-order valence-electron chi connectivity index (χ0n) is 6.64. The third-order valence-electron chi connectivity index (χ3n) is 1.31. The lowest BCUT2D eigenvalue weighted by Crippen LogP contribution is -2.04. The van der Waals surface area contributed by atoms with E-state index in [1.54, 1.807) is 11.3 Å². The second-order valence-corrected chi connectivity index (χ2v) is 3.47. The van der Waals surface area contributed by atoms with E-state index >= 15 is 0 Å². The molecule has 1 aromatic heterocycles. The Morgan fingerprint density at radius 1 is 1.73 bits per heavy atom. The highest BCUT2D eigenvalue weighted by atomic mass is 32.1. The van der Waals surface area contributed by atoms with Crippen LogP contribution in [0.4, 0.5) is 0 Å². The van der Waals surface area contributed by atoms with Gasteiger partial charge in [-0.3, -0.25) is 0 Å². The van der Waals surface area contributed by atoms with E-state index in [0.717, 1.165) is 22.1 Å². The van der Waals surface area contributed by atoms with E-state index in [0.29, 0.717) is 0 Å². The van der Waals surface area contributed by atoms with Crippen molar-refractivity contribution in [1.82, 2.24) is 10.3 Å². The van der Waals surface area contributed by atoms with Crippen molar-refractivity contribution < 1.29 is 0 Å². The molecule has 1 rings (SSSR count). The summed E-state index contributed by atoms with van der Waals surface area (Å²) in [5.41, 5.74) is 0.778. The van der Waals surface area contributed by atoms with Gasteiger partial charge < -0.3 is 5.32 Å². The number of aryl methyl sites for hydroxylation is 1. The fourth-order valence-corrected chi connectivity index (χ4v) is 1.72. The number of rotatable bonds is 2. The number of nitrogens with zero attached hydrogens (tertiary/aromatic N) is 1. The molecule has 11 heavy (non-hydrogen) atoms. The Bertz CT molecular complexity index is 283. The van der Waals surface area contributed by atoms with Crippen LogP contribution in [0.5, 0.6) is 0 Å². The number of hydrogen-bond donors (Lipinski definition) is 1. The van der Waals surface area contributed by atoms with Crippen molar-refractivity contribution in [3.63, 3.8) is 0 Å². The molecule has 0 aliphatic heterocycles. The maximum atomic E-state index is 5.23. The fourth-order valence-electron chi connectivity index (χ4n) is 0.812. The van der Waals surface area contributed by atoms with Crippen LogP contribution < -0.4 is 5.32 Å². The van der Waals surface area contributed by atoms with E-state index in [9.17, 15) is 0 Å². The Morgan fingerprint density at radius 2 is 2.45 bits per heavy atom. The molecule has 1 N–H and O–H groups in total. The number of nitrogens with one attached hydrogen (secondary N) is 1. The van der Waals surface area contributed by atoms with Gasteiger partial charge in [0.15, 0.2) is 0 Å². The number of hydrogen-bond acceptors (Lipinski definition) is 3. The van der Waals surface area contributed by atoms with Crippen LogP contribution in [-0.2, 0) is 6.54 Å². The molecule has 0 atom stereocenters. The van der Waals surface area contributed by atoms with Crippen molar-refractivity contribution >= 4 is 11.3 Å². The van der Waals surface area contributed by atoms with E-state index in [1.807, 2.05) is 14.0 Å². The molecule has 2 nitrogen and oxygen atoms in total. The van der Waals surface area contributed by atoms with Crippen molar-refractivity contribution in [1.29, 1.82) is 0 Å². The summed E-state index contributed by atoms with van der Waals surface area (Å²) < 4.78 is 0. The topological polar surface area (TPSA) is 24.9 Å². The van der Waals surface area contributed by atoms with Crippen molar-refractivity contribution in [2.75, 3.05) is 7.05 Å². The Kier molecular flexibility index (Phi) is 2.64. The smallest absolute Gasteiger partial charge is 0.127 e. The van der Waals surface area contributed by atoms with Crippen LogP contribution in [0, 0.1) is 19.3 Å². The quantitative estimate of drug-likeness (QED) is 0.667. The van der Waals surface area contributed by atoms with E-state index < -0.39 is 0 Å². The normalized spacial score (nSPS) is 9.55. The van der Waals surface area contributed by atoms with Gasteiger partial charge in [0.25, 0.3) is 0 Å². The van der Waals surface area contributed by atoms with Gasteiger partial charge in [0.05, 0.1) is 0 Å². The molecule has 0 radical (unpaired) electrons. The first-order valence-corrected chi connectivity index (χ1v) is 4.17. The zero-order chi connectivity index (χ0) is 8.27. The van der Waals surface area contributed by atoms with Gasteiger partial charge in [-0.2, -0.15) is 0 Å². The average Bonchev–Trinajstić information content (AvgIpc) is 2.32. The molecule has 0 bridgehead atoms. The standard InChI is InChI=1S/C8H10N2S/c1-4-7-6(2)11-8(10-7)5-9-3/h1,9H,5H2,2-3H3. The third kappa shape index (κ3) is 1.79. The van der Waals surface area contributed by atoms with E-state index in [2.05, 4.69) is 16.2 Å². The van der Waals surface area contributed by atoms with Crippen molar-refractivity contribution in [2.24, 2.45) is 0 Å². The molecular formula is C8H10N2S. The summed E-state index contributed by atoms with van der Waals surface area (Å²) in [6, 6.07) is 0. The van der Waals surface area contributed by atoms with Crippen molar-refractivity contribution in [3.8, 4) is 12.3 Å². The van der Waals surface area contributed by atoms with Gasteiger partial charge in [-0.25, -0.2) is 4.98 Å². The first-order chi connectivity index (χ1) is 5.27. The molecule has 0 unspecified atom stereocenters. The van der Waals surface area contributed by atoms with Gasteiger partial charge in [-0.1, -0.05) is 0 Å². The summed E-state index contributed by atoms with van der Waals surface area (Å²) in [7, 11) is 1.90. The second-order valence-electron chi connectivity index (χ2n) is 2.19. The summed E-state index contributed by atoms with van der Waals surface area (Å²) in [6.45, 7) is 2.79. The summed E-state index contributed by atoms with van der Waals surface area (Å²) in [5.74, 6) is 2.55. The average molecular weight is 166 g/mol. The van der Waals surface area contributed by atoms with E-state index in [-0.39, 0.29) is 0 Å². The van der Waals surface area contributed by atoms with Gasteiger partial charge in [0.1, 0.15) is 10.7 Å². The monoisotopic (exact) mass is 166 g/mol. The highest BCUT2D eigenvalue weighted by Crippen LogP contribution is 2.15. The zero-order valence-corrected chi connectivity index (χ0v) is 7.46. The number of terminal acetylenes is 1. The molecule has 3 heteroatoms. The molecule has 0 spiro atoms. The van der Waals surface area contributed by atoms with Gasteiger partial charge in [0.2, 0.25) is 0 Å². The van der Waals surface area contributed by atoms with Crippen LogP contribution >= 0.6 is 11.3 Å². The third-order valence-corrected chi connectivity index (χ3v) is 2.28. The van der Waals surface area contributed by atoms with Crippen molar-refractivity contribution in [3.05, 3.63) is 15.6 Å². The fraction of sp³-hybridized carbons (Fsp3) is 0.375. The van der Waals surface area contributed by atoms with Crippen LogP contribution in [0.2, 0.25) is 0 Å². The van der Waals surface area contributed by atoms with Crippen LogP contribution in [0.3, 0.4) is 0 Å². The highest BCUT2D eigenvalue weighted by Gasteiger charge is 2.02. The molecule has 0 saturated heterocycles. The minimum Gasteiger partial charge on any atom is -0.314 e. The number of thiazole rings is 1. The minimum absolute atomic E-state index is 0.778. The maximum absolute atomic E-state index is 5.23. The molecule has 0 saturated carbocycles. The van der Waals surface area contributed by atoms with Gasteiger partial charge in [0, 0.05) is 11.4 Å². The van der Waals surface area contributed by atoms with Crippen LogP contribution in [0.1, 0.15) is 15.6 Å². The Hall–Kier alpha value is -0.850. The molecular weight excluding hydrogens is 156 g/mol. The lowest BCUT2D eigenvalue weighted by Gasteiger charge is -1.88. The highest BCUT2D eigenvalue weighted by molar-refractivity contribution is 7.11. The summed E-state index contributed by atoms with van der Waals surface area (Å²) in [4.78, 5) is 5.36. The minimum atomic E-state index is 0.778. The molecule has 1 heterocycles. The first-order valence-electron chi connectivity index (χ1n) is 3.35. The molecule has 0 fully saturated rings. The Morgan fingerprint density at radius 3 is 2.91 bits per heavy atom. The van der Waals surface area contributed by atoms with Crippen LogP contribution in [0.25, 0.3) is 0 Å². The Labute approximate surface area is 70.7 Å². The summed E-state index contributed by atoms with van der Waals surface area (Å²) in [6.07, 6.45) is 5.23. The van der Waals surface area contributed by atoms with E-state index in [1.165, 1.54) is 0 Å². The molecule has 0 amide bonds. The second kappa shape index (κ2) is 3.51. The predicted molar refractivity (Wildman–Crippen MR) is 47.5 cm³/mol. The van der Waals surface area contributed by atoms with Gasteiger partial charge in [-0.15, -0.1) is 17.8 Å². The molecule has 0 aromatic carbocycles. The first kappa shape index (κ1) is 8.25. The molecule has 58 valence electrons. The summed E-state index contributed by atoms with van der Waals surface area (Å²) >= 11 is 1.65. The predicted octanol–water partition coefficient (Wildman–Crippen LogP) is 1.15. The van der Waals surface area contributed by atoms with Crippen LogP contribution in [0.15, 0.2) is 0 Å². The summed E-state index contributed by atoms with van der Waals surface area (Å²) in [5, 5.41) is 4.08. The van der Waals surface area contributed by atoms with Gasteiger partial charge >= 0.3 is 0 Å². The SMILES string of the molecule is C#Cc1nc(CNC)sc1C.